The van der Waals surface area contributed by atoms with Crippen molar-refractivity contribution in [3.8, 4) is 0 Å². The Hall–Kier alpha value is 0.0300. The van der Waals surface area contributed by atoms with Crippen LogP contribution in [-0.2, 0) is 18.3 Å². The number of quaternary nitrogens is 1. The van der Waals surface area contributed by atoms with E-state index in [4.69, 9.17) is 13.8 Å². The first-order valence-electron chi connectivity index (χ1n) is 15.3. The van der Waals surface area contributed by atoms with Crippen LogP contribution in [0.5, 0.6) is 0 Å². The number of rotatable bonds is 25. The molecule has 0 aliphatic heterocycles. The Bertz CT molecular complexity index is 554. The van der Waals surface area contributed by atoms with Crippen LogP contribution in [-0.4, -0.2) is 58.1 Å². The van der Waals surface area contributed by atoms with Gasteiger partial charge in [0.15, 0.2) is 0 Å². The van der Waals surface area contributed by atoms with Crippen LogP contribution in [0.15, 0.2) is 0 Å². The first kappa shape index (κ1) is 34.1. The maximum Gasteiger partial charge on any atom is 0.268 e. The summed E-state index contributed by atoms with van der Waals surface area (Å²) >= 11 is 0. The fourth-order valence-electron chi connectivity index (χ4n) is 4.95. The number of ether oxygens (including phenoxy) is 1. The van der Waals surface area contributed by atoms with Crippen LogP contribution >= 0.6 is 7.82 Å². The third-order valence-corrected chi connectivity index (χ3v) is 8.34. The Morgan fingerprint density at radius 3 is 1.72 bits per heavy atom. The SMILES string of the molecule is CCCCCCCCCCCCCCCCCCO[C@H]1CCC[C@H]1COP(=O)([O-])OCC[N+](C)(C)C. The lowest BCUT2D eigenvalue weighted by Gasteiger charge is -2.28. The highest BCUT2D eigenvalue weighted by molar-refractivity contribution is 7.45. The summed E-state index contributed by atoms with van der Waals surface area (Å²) < 4.78 is 29.0. The highest BCUT2D eigenvalue weighted by atomic mass is 31.2. The quantitative estimate of drug-likeness (QED) is 0.0685. The summed E-state index contributed by atoms with van der Waals surface area (Å²) in [6.07, 6.45) is 25.0. The minimum absolute atomic E-state index is 0.118. The molecule has 0 aromatic carbocycles. The van der Waals surface area contributed by atoms with Gasteiger partial charge in [0, 0.05) is 12.5 Å². The lowest BCUT2D eigenvalue weighted by atomic mass is 10.0. The molecule has 0 bridgehead atoms. The van der Waals surface area contributed by atoms with Gasteiger partial charge < -0.3 is 23.2 Å². The van der Waals surface area contributed by atoms with Gasteiger partial charge in [-0.3, -0.25) is 4.57 Å². The first-order valence-corrected chi connectivity index (χ1v) is 16.7. The van der Waals surface area contributed by atoms with Gasteiger partial charge in [-0.2, -0.15) is 0 Å². The second-order valence-electron chi connectivity index (χ2n) is 12.0. The molecule has 1 saturated carbocycles. The topological polar surface area (TPSA) is 67.8 Å². The minimum Gasteiger partial charge on any atom is -0.756 e. The molecule has 7 heteroatoms. The molecule has 1 aliphatic carbocycles. The summed E-state index contributed by atoms with van der Waals surface area (Å²) in [5.41, 5.74) is 0. The summed E-state index contributed by atoms with van der Waals surface area (Å²) in [7, 11) is 1.76. The maximum absolute atomic E-state index is 12.0. The van der Waals surface area contributed by atoms with Gasteiger partial charge >= 0.3 is 0 Å². The molecule has 1 aliphatic rings. The predicted octanol–water partition coefficient (Wildman–Crippen LogP) is 7.64. The summed E-state index contributed by atoms with van der Waals surface area (Å²) in [6, 6.07) is 0. The monoisotopic (exact) mass is 533 g/mol. The third-order valence-electron chi connectivity index (χ3n) is 7.38. The molecule has 0 radical (unpaired) electrons. The molecule has 0 N–H and O–H groups in total. The molecule has 3 atom stereocenters. The zero-order valence-corrected chi connectivity index (χ0v) is 25.2. The standard InChI is InChI=1S/C29H60NO5P/c1-5-6-7-8-9-10-11-12-13-14-15-16-17-18-19-20-25-33-29-23-21-22-28(29)27-35-36(31,32)34-26-24-30(2,3)4/h28-29H,5-27H2,1-4H3/t28-,29-/m0/s1. The van der Waals surface area contributed by atoms with Gasteiger partial charge in [-0.1, -0.05) is 110 Å². The Morgan fingerprint density at radius 2 is 1.22 bits per heavy atom. The highest BCUT2D eigenvalue weighted by Gasteiger charge is 2.29. The van der Waals surface area contributed by atoms with Crippen LogP contribution in [0.3, 0.4) is 0 Å². The molecule has 0 spiro atoms. The largest absolute Gasteiger partial charge is 0.756 e. The Labute approximate surface area is 224 Å². The lowest BCUT2D eigenvalue weighted by Crippen LogP contribution is -2.37. The smallest absolute Gasteiger partial charge is 0.268 e. The zero-order chi connectivity index (χ0) is 26.5. The van der Waals surface area contributed by atoms with E-state index in [1.807, 2.05) is 21.1 Å². The van der Waals surface area contributed by atoms with Crippen molar-refractivity contribution in [3.63, 3.8) is 0 Å². The van der Waals surface area contributed by atoms with E-state index in [2.05, 4.69) is 6.92 Å². The average molecular weight is 534 g/mol. The van der Waals surface area contributed by atoms with Gasteiger partial charge in [0.1, 0.15) is 13.2 Å². The van der Waals surface area contributed by atoms with Crippen molar-refractivity contribution in [1.82, 2.24) is 0 Å². The van der Waals surface area contributed by atoms with Crippen LogP contribution in [0.1, 0.15) is 129 Å². The molecule has 0 aromatic rings. The van der Waals surface area contributed by atoms with Gasteiger partial charge in [-0.05, 0) is 19.3 Å². The van der Waals surface area contributed by atoms with E-state index in [1.54, 1.807) is 0 Å². The summed E-state index contributed by atoms with van der Waals surface area (Å²) in [6.45, 7) is 3.99. The highest BCUT2D eigenvalue weighted by Crippen LogP contribution is 2.40. The van der Waals surface area contributed by atoms with Crippen molar-refractivity contribution in [2.24, 2.45) is 5.92 Å². The van der Waals surface area contributed by atoms with Crippen molar-refractivity contribution < 1.29 is 27.7 Å². The van der Waals surface area contributed by atoms with Crippen molar-refractivity contribution >= 4 is 7.82 Å². The molecule has 0 aromatic heterocycles. The van der Waals surface area contributed by atoms with Crippen LogP contribution < -0.4 is 4.89 Å². The second-order valence-corrected chi connectivity index (χ2v) is 13.4. The van der Waals surface area contributed by atoms with Crippen LogP contribution in [0.25, 0.3) is 0 Å². The first-order chi connectivity index (χ1) is 17.2. The van der Waals surface area contributed by atoms with Crippen LogP contribution in [0, 0.1) is 5.92 Å². The molecule has 0 amide bonds. The fraction of sp³-hybridized carbons (Fsp3) is 1.00. The summed E-state index contributed by atoms with van der Waals surface area (Å²) in [4.78, 5) is 12.0. The second kappa shape index (κ2) is 20.9. The molecule has 1 unspecified atom stereocenters. The molecule has 1 rings (SSSR count). The molecule has 0 heterocycles. The van der Waals surface area contributed by atoms with E-state index in [1.165, 1.54) is 96.3 Å². The number of hydrogen-bond donors (Lipinski definition) is 0. The molecular weight excluding hydrogens is 473 g/mol. The Kier molecular flexibility index (Phi) is 19.8. The number of likely N-dealkylation sites (N-methyl/N-ethyl adjacent to an activating group) is 1. The Balaban J connectivity index is 1.93. The van der Waals surface area contributed by atoms with Crippen molar-refractivity contribution in [3.05, 3.63) is 0 Å². The predicted molar refractivity (Wildman–Crippen MR) is 149 cm³/mol. The average Bonchev–Trinajstić information content (AvgIpc) is 3.26. The van der Waals surface area contributed by atoms with E-state index in [9.17, 15) is 9.46 Å². The van der Waals surface area contributed by atoms with E-state index in [-0.39, 0.29) is 25.2 Å². The number of phosphoric acid groups is 1. The molecular formula is C29H60NO5P. The van der Waals surface area contributed by atoms with Crippen molar-refractivity contribution in [2.75, 3.05) is 47.5 Å². The molecule has 216 valence electrons. The number of phosphoric ester groups is 1. The minimum atomic E-state index is -4.24. The number of nitrogens with zero attached hydrogens (tertiary/aromatic N) is 1. The van der Waals surface area contributed by atoms with Gasteiger partial charge in [-0.15, -0.1) is 0 Å². The Morgan fingerprint density at radius 1 is 0.722 bits per heavy atom. The molecule has 0 saturated heterocycles. The molecule has 6 nitrogen and oxygen atoms in total. The van der Waals surface area contributed by atoms with E-state index >= 15 is 0 Å². The van der Waals surface area contributed by atoms with Crippen molar-refractivity contribution in [2.45, 2.75) is 135 Å². The van der Waals surface area contributed by atoms with Gasteiger partial charge in [0.2, 0.25) is 0 Å². The van der Waals surface area contributed by atoms with Crippen molar-refractivity contribution in [1.29, 1.82) is 0 Å². The zero-order valence-electron chi connectivity index (χ0n) is 24.4. The fourth-order valence-corrected chi connectivity index (χ4v) is 5.70. The van der Waals surface area contributed by atoms with Gasteiger partial charge in [-0.25, -0.2) is 0 Å². The normalized spacial score (nSPS) is 20.1. The van der Waals surface area contributed by atoms with Gasteiger partial charge in [0.05, 0.1) is 33.9 Å². The van der Waals surface area contributed by atoms with Crippen LogP contribution in [0.2, 0.25) is 0 Å². The van der Waals surface area contributed by atoms with Gasteiger partial charge in [0.25, 0.3) is 7.82 Å². The van der Waals surface area contributed by atoms with E-state index in [0.29, 0.717) is 11.0 Å². The third kappa shape index (κ3) is 20.1. The molecule has 36 heavy (non-hydrogen) atoms. The summed E-state index contributed by atoms with van der Waals surface area (Å²) in [5.74, 6) is 0.148. The maximum atomic E-state index is 12.0. The summed E-state index contributed by atoms with van der Waals surface area (Å²) in [5, 5.41) is 0. The van der Waals surface area contributed by atoms with Crippen LogP contribution in [0.4, 0.5) is 0 Å². The lowest BCUT2D eigenvalue weighted by molar-refractivity contribution is -0.870. The van der Waals surface area contributed by atoms with E-state index < -0.39 is 7.82 Å². The molecule has 1 fully saturated rings. The number of hydrogen-bond acceptors (Lipinski definition) is 5. The number of unbranched alkanes of at least 4 members (excludes halogenated alkanes) is 15. The van der Waals surface area contributed by atoms with E-state index in [0.717, 1.165) is 32.3 Å².